The molecule has 0 atom stereocenters. The molecule has 1 aromatic carbocycles. The first kappa shape index (κ1) is 19.9. The standard InChI is InChI=1S/C20H28N2O4/c1-4-13-22(14-5-2)19(25)20(11-12-20)18(24)21-16-10-8-7-9-15(16)17(23)26-6-3/h7-10H,4-6,11-14H2,1-3H3,(H,21,24). The number of rotatable bonds is 9. The molecule has 142 valence electrons. The summed E-state index contributed by atoms with van der Waals surface area (Å²) in [7, 11) is 0. The number of esters is 1. The maximum Gasteiger partial charge on any atom is 0.340 e. The molecule has 1 saturated carbocycles. The summed E-state index contributed by atoms with van der Waals surface area (Å²) in [6.45, 7) is 7.33. The van der Waals surface area contributed by atoms with Gasteiger partial charge in [-0.15, -0.1) is 0 Å². The molecule has 0 aromatic heterocycles. The number of carbonyl (C=O) groups excluding carboxylic acids is 3. The Balaban J connectivity index is 2.17. The molecule has 0 aliphatic heterocycles. The van der Waals surface area contributed by atoms with Gasteiger partial charge in [0.25, 0.3) is 0 Å². The van der Waals surface area contributed by atoms with Gasteiger partial charge in [-0.05, 0) is 44.7 Å². The van der Waals surface area contributed by atoms with Crippen LogP contribution in [0, 0.1) is 5.41 Å². The van der Waals surface area contributed by atoms with Gasteiger partial charge in [-0.3, -0.25) is 9.59 Å². The van der Waals surface area contributed by atoms with Gasteiger partial charge < -0.3 is 15.0 Å². The van der Waals surface area contributed by atoms with Gasteiger partial charge in [0.2, 0.25) is 11.8 Å². The van der Waals surface area contributed by atoms with Crippen LogP contribution in [0.5, 0.6) is 0 Å². The van der Waals surface area contributed by atoms with Gasteiger partial charge in [-0.1, -0.05) is 26.0 Å². The van der Waals surface area contributed by atoms with E-state index in [1.165, 1.54) is 0 Å². The van der Waals surface area contributed by atoms with Crippen molar-refractivity contribution in [2.45, 2.75) is 46.5 Å². The fourth-order valence-corrected chi connectivity index (χ4v) is 3.04. The molecule has 0 heterocycles. The number of para-hydroxylation sites is 1. The van der Waals surface area contributed by atoms with Crippen molar-refractivity contribution in [3.63, 3.8) is 0 Å². The second-order valence-corrected chi connectivity index (χ2v) is 6.59. The quantitative estimate of drug-likeness (QED) is 0.542. The highest BCUT2D eigenvalue weighted by Gasteiger charge is 2.57. The molecular formula is C20H28N2O4. The van der Waals surface area contributed by atoms with Crippen molar-refractivity contribution in [2.24, 2.45) is 5.41 Å². The zero-order valence-electron chi connectivity index (χ0n) is 15.8. The van der Waals surface area contributed by atoms with Crippen LogP contribution in [0.3, 0.4) is 0 Å². The van der Waals surface area contributed by atoms with E-state index < -0.39 is 11.4 Å². The average Bonchev–Trinajstić information content (AvgIpc) is 3.43. The van der Waals surface area contributed by atoms with Gasteiger partial charge in [0.05, 0.1) is 17.9 Å². The number of hydrogen-bond acceptors (Lipinski definition) is 4. The van der Waals surface area contributed by atoms with Crippen LogP contribution in [-0.4, -0.2) is 42.4 Å². The van der Waals surface area contributed by atoms with Gasteiger partial charge in [0, 0.05) is 13.1 Å². The number of carbonyl (C=O) groups is 3. The van der Waals surface area contributed by atoms with Gasteiger partial charge >= 0.3 is 5.97 Å². The maximum absolute atomic E-state index is 12.9. The van der Waals surface area contributed by atoms with Crippen LogP contribution >= 0.6 is 0 Å². The Labute approximate surface area is 154 Å². The zero-order chi connectivity index (χ0) is 19.2. The molecule has 2 amide bonds. The van der Waals surface area contributed by atoms with Crippen molar-refractivity contribution in [2.75, 3.05) is 25.0 Å². The zero-order valence-corrected chi connectivity index (χ0v) is 15.8. The Hall–Kier alpha value is -2.37. The minimum absolute atomic E-state index is 0.104. The molecule has 6 heteroatoms. The van der Waals surface area contributed by atoms with Crippen molar-refractivity contribution < 1.29 is 19.1 Å². The van der Waals surface area contributed by atoms with Crippen LogP contribution in [0.25, 0.3) is 0 Å². The minimum atomic E-state index is -0.994. The first-order valence-electron chi connectivity index (χ1n) is 9.37. The molecule has 1 aromatic rings. The normalized spacial score (nSPS) is 14.4. The van der Waals surface area contributed by atoms with Crippen molar-refractivity contribution in [3.8, 4) is 0 Å². The van der Waals surface area contributed by atoms with E-state index >= 15 is 0 Å². The van der Waals surface area contributed by atoms with Gasteiger partial charge in [0.15, 0.2) is 0 Å². The van der Waals surface area contributed by atoms with E-state index in [1.807, 2.05) is 13.8 Å². The van der Waals surface area contributed by atoms with Crippen LogP contribution in [0.2, 0.25) is 0 Å². The second-order valence-electron chi connectivity index (χ2n) is 6.59. The third-order valence-corrected chi connectivity index (χ3v) is 4.54. The molecule has 1 aliphatic rings. The molecule has 1 aliphatic carbocycles. The molecule has 2 rings (SSSR count). The number of nitrogens with one attached hydrogen (secondary N) is 1. The molecule has 26 heavy (non-hydrogen) atoms. The largest absolute Gasteiger partial charge is 0.462 e. The summed E-state index contributed by atoms with van der Waals surface area (Å²) in [6, 6.07) is 6.71. The number of anilines is 1. The van der Waals surface area contributed by atoms with Crippen LogP contribution in [0.15, 0.2) is 24.3 Å². The van der Waals surface area contributed by atoms with Crippen LogP contribution in [0.4, 0.5) is 5.69 Å². The van der Waals surface area contributed by atoms with Gasteiger partial charge in [0.1, 0.15) is 5.41 Å². The second kappa shape index (κ2) is 8.83. The predicted molar refractivity (Wildman–Crippen MR) is 99.9 cm³/mol. The van der Waals surface area contributed by atoms with Crippen LogP contribution < -0.4 is 5.32 Å². The molecule has 0 saturated heterocycles. The highest BCUT2D eigenvalue weighted by molar-refractivity contribution is 6.14. The lowest BCUT2D eigenvalue weighted by atomic mass is 10.0. The predicted octanol–water partition coefficient (Wildman–Crippen LogP) is 3.23. The summed E-state index contributed by atoms with van der Waals surface area (Å²) in [6.07, 6.45) is 2.80. The van der Waals surface area contributed by atoms with Crippen molar-refractivity contribution in [1.29, 1.82) is 0 Å². The third kappa shape index (κ3) is 4.23. The summed E-state index contributed by atoms with van der Waals surface area (Å²) in [5, 5.41) is 2.79. The van der Waals surface area contributed by atoms with E-state index in [9.17, 15) is 14.4 Å². The highest BCUT2D eigenvalue weighted by Crippen LogP contribution is 2.48. The topological polar surface area (TPSA) is 75.7 Å². The minimum Gasteiger partial charge on any atom is -0.462 e. The summed E-state index contributed by atoms with van der Waals surface area (Å²) >= 11 is 0. The Morgan fingerprint density at radius 1 is 1.08 bits per heavy atom. The lowest BCUT2D eigenvalue weighted by Crippen LogP contribution is -2.43. The monoisotopic (exact) mass is 360 g/mol. The first-order chi connectivity index (χ1) is 12.5. The van der Waals surface area contributed by atoms with Crippen LogP contribution in [-0.2, 0) is 14.3 Å². The summed E-state index contributed by atoms with van der Waals surface area (Å²) < 4.78 is 5.04. The number of hydrogen-bond donors (Lipinski definition) is 1. The summed E-state index contributed by atoms with van der Waals surface area (Å²) in [5.74, 6) is -0.929. The molecule has 0 spiro atoms. The lowest BCUT2D eigenvalue weighted by Gasteiger charge is -2.26. The maximum atomic E-state index is 12.9. The molecule has 0 unspecified atom stereocenters. The molecular weight excluding hydrogens is 332 g/mol. The Kier molecular flexibility index (Phi) is 6.77. The molecule has 1 fully saturated rings. The molecule has 6 nitrogen and oxygen atoms in total. The number of amides is 2. The fourth-order valence-electron chi connectivity index (χ4n) is 3.04. The van der Waals surface area contributed by atoms with E-state index in [1.54, 1.807) is 36.1 Å². The summed E-state index contributed by atoms with van der Waals surface area (Å²) in [5.41, 5.74) is -0.316. The third-order valence-electron chi connectivity index (χ3n) is 4.54. The fraction of sp³-hybridized carbons (Fsp3) is 0.550. The van der Waals surface area contributed by atoms with E-state index in [0.29, 0.717) is 37.2 Å². The van der Waals surface area contributed by atoms with Crippen molar-refractivity contribution in [1.82, 2.24) is 4.90 Å². The van der Waals surface area contributed by atoms with Gasteiger partial charge in [-0.25, -0.2) is 4.79 Å². The molecule has 0 radical (unpaired) electrons. The SMILES string of the molecule is CCCN(CCC)C(=O)C1(C(=O)Nc2ccccc2C(=O)OCC)CC1. The lowest BCUT2D eigenvalue weighted by molar-refractivity contribution is -0.142. The van der Waals surface area contributed by atoms with Crippen LogP contribution in [0.1, 0.15) is 56.8 Å². The number of ether oxygens (including phenoxy) is 1. The van der Waals surface area contributed by atoms with E-state index in [-0.39, 0.29) is 18.4 Å². The van der Waals surface area contributed by atoms with Crippen molar-refractivity contribution >= 4 is 23.5 Å². The number of benzene rings is 1. The Morgan fingerprint density at radius 3 is 2.23 bits per heavy atom. The Bertz CT molecular complexity index is 662. The van der Waals surface area contributed by atoms with E-state index in [4.69, 9.17) is 4.74 Å². The highest BCUT2D eigenvalue weighted by atomic mass is 16.5. The first-order valence-corrected chi connectivity index (χ1v) is 9.37. The van der Waals surface area contributed by atoms with E-state index in [0.717, 1.165) is 12.8 Å². The van der Waals surface area contributed by atoms with Crippen molar-refractivity contribution in [3.05, 3.63) is 29.8 Å². The Morgan fingerprint density at radius 2 is 1.69 bits per heavy atom. The smallest absolute Gasteiger partial charge is 0.340 e. The number of nitrogens with zero attached hydrogens (tertiary/aromatic N) is 1. The van der Waals surface area contributed by atoms with E-state index in [2.05, 4.69) is 5.32 Å². The summed E-state index contributed by atoms with van der Waals surface area (Å²) in [4.78, 5) is 39.7. The molecule has 1 N–H and O–H groups in total. The molecule has 0 bridgehead atoms. The van der Waals surface area contributed by atoms with Gasteiger partial charge in [-0.2, -0.15) is 0 Å². The average molecular weight is 360 g/mol.